The van der Waals surface area contributed by atoms with E-state index in [2.05, 4.69) is 24.4 Å². The summed E-state index contributed by atoms with van der Waals surface area (Å²) >= 11 is 1.24. The number of nitriles is 1. The number of hydrogen-bond acceptors (Lipinski definition) is 6. The third-order valence-electron chi connectivity index (χ3n) is 5.69. The summed E-state index contributed by atoms with van der Waals surface area (Å²) in [7, 11) is 1.56. The number of nitrogens with one attached hydrogen (secondary N) is 1. The van der Waals surface area contributed by atoms with Crippen molar-refractivity contribution in [1.82, 2.24) is 5.32 Å². The zero-order valence-electron chi connectivity index (χ0n) is 19.5. The van der Waals surface area contributed by atoms with Crippen molar-refractivity contribution in [3.05, 3.63) is 94.4 Å². The lowest BCUT2D eigenvalue weighted by atomic mass is 10.1. The zero-order valence-corrected chi connectivity index (χ0v) is 20.3. The number of anilines is 1. The molecule has 8 heteroatoms. The van der Waals surface area contributed by atoms with Crippen LogP contribution in [-0.2, 0) is 29.0 Å². The average molecular weight is 488 g/mol. The standard InChI is InChI=1S/C27H25N3O4S/c1-3-18-6-8-19(9-7-18)15-24-26(32)30(20-10-12-21(33-2)13-11-20)27(35-24)23(16-28)25(31)29-17-22-5-4-14-34-22/h4-14,24H,3,15,17H2,1-2H3,(H,29,31)/b27-23-. The summed E-state index contributed by atoms with van der Waals surface area (Å²) in [4.78, 5) is 28.0. The van der Waals surface area contributed by atoms with Crippen LogP contribution in [0, 0.1) is 11.3 Å². The minimum absolute atomic E-state index is 0.116. The lowest BCUT2D eigenvalue weighted by molar-refractivity contribution is -0.117. The van der Waals surface area contributed by atoms with Crippen LogP contribution in [0.5, 0.6) is 5.75 Å². The number of amides is 2. The van der Waals surface area contributed by atoms with Crippen molar-refractivity contribution < 1.29 is 18.7 Å². The van der Waals surface area contributed by atoms with Gasteiger partial charge in [0.05, 0.1) is 25.2 Å². The molecule has 1 aliphatic rings. The van der Waals surface area contributed by atoms with Gasteiger partial charge in [-0.1, -0.05) is 43.0 Å². The summed E-state index contributed by atoms with van der Waals surface area (Å²) in [6, 6.07) is 20.6. The number of ether oxygens (including phenoxy) is 1. The van der Waals surface area contributed by atoms with Crippen molar-refractivity contribution in [3.8, 4) is 11.8 Å². The molecule has 2 aromatic carbocycles. The summed E-state index contributed by atoms with van der Waals surface area (Å²) in [5.74, 6) is 0.464. The molecular weight excluding hydrogens is 462 g/mol. The molecule has 1 saturated heterocycles. The number of aryl methyl sites for hydroxylation is 1. The lowest BCUT2D eigenvalue weighted by Crippen LogP contribution is -2.32. The maximum absolute atomic E-state index is 13.6. The third-order valence-corrected chi connectivity index (χ3v) is 6.95. The van der Waals surface area contributed by atoms with Crippen LogP contribution in [0.15, 0.2) is 81.9 Å². The molecule has 1 atom stereocenters. The van der Waals surface area contributed by atoms with Gasteiger partial charge in [0.1, 0.15) is 28.2 Å². The van der Waals surface area contributed by atoms with Crippen molar-refractivity contribution in [2.24, 2.45) is 0 Å². The first-order valence-electron chi connectivity index (χ1n) is 11.2. The summed E-state index contributed by atoms with van der Waals surface area (Å²) in [5, 5.41) is 12.5. The van der Waals surface area contributed by atoms with Gasteiger partial charge < -0.3 is 14.5 Å². The Kier molecular flexibility index (Phi) is 7.58. The minimum atomic E-state index is -0.564. The molecule has 1 unspecified atom stereocenters. The number of hydrogen-bond donors (Lipinski definition) is 1. The predicted molar refractivity (Wildman–Crippen MR) is 135 cm³/mol. The first-order chi connectivity index (χ1) is 17.0. The van der Waals surface area contributed by atoms with E-state index in [-0.39, 0.29) is 18.0 Å². The Morgan fingerprint density at radius 1 is 1.14 bits per heavy atom. The molecule has 0 radical (unpaired) electrons. The Balaban J connectivity index is 1.66. The van der Waals surface area contributed by atoms with Gasteiger partial charge in [-0.2, -0.15) is 5.26 Å². The van der Waals surface area contributed by atoms with Gasteiger partial charge in [-0.25, -0.2) is 0 Å². The van der Waals surface area contributed by atoms with Crippen LogP contribution in [-0.4, -0.2) is 24.2 Å². The van der Waals surface area contributed by atoms with E-state index in [0.717, 1.165) is 12.0 Å². The smallest absolute Gasteiger partial charge is 0.265 e. The van der Waals surface area contributed by atoms with Crippen LogP contribution in [0.2, 0.25) is 0 Å². The average Bonchev–Trinajstić information content (AvgIpc) is 3.52. The number of rotatable bonds is 8. The minimum Gasteiger partial charge on any atom is -0.497 e. The van der Waals surface area contributed by atoms with Crippen LogP contribution >= 0.6 is 11.8 Å². The molecule has 1 aromatic heterocycles. The lowest BCUT2D eigenvalue weighted by Gasteiger charge is -2.19. The fraction of sp³-hybridized carbons (Fsp3) is 0.222. The second-order valence-corrected chi connectivity index (χ2v) is 9.10. The van der Waals surface area contributed by atoms with Gasteiger partial charge in [0.25, 0.3) is 5.91 Å². The zero-order chi connectivity index (χ0) is 24.8. The number of methoxy groups -OCH3 is 1. The van der Waals surface area contributed by atoms with E-state index >= 15 is 0 Å². The maximum Gasteiger partial charge on any atom is 0.265 e. The van der Waals surface area contributed by atoms with Gasteiger partial charge in [-0.05, 0) is 60.4 Å². The summed E-state index contributed by atoms with van der Waals surface area (Å²) in [5.41, 5.74) is 2.69. The molecule has 35 heavy (non-hydrogen) atoms. The predicted octanol–water partition coefficient (Wildman–Crippen LogP) is 4.59. The number of thioether (sulfide) groups is 1. The van der Waals surface area contributed by atoms with E-state index in [1.54, 1.807) is 43.5 Å². The normalized spacial score (nSPS) is 16.7. The van der Waals surface area contributed by atoms with Crippen molar-refractivity contribution in [2.45, 2.75) is 31.6 Å². The quantitative estimate of drug-likeness (QED) is 0.369. The highest BCUT2D eigenvalue weighted by Crippen LogP contribution is 2.42. The van der Waals surface area contributed by atoms with Gasteiger partial charge in [0.2, 0.25) is 5.91 Å². The van der Waals surface area contributed by atoms with Crippen LogP contribution < -0.4 is 15.0 Å². The number of carbonyl (C=O) groups is 2. The largest absolute Gasteiger partial charge is 0.497 e. The molecule has 0 aliphatic carbocycles. The molecule has 1 N–H and O–H groups in total. The van der Waals surface area contributed by atoms with E-state index in [1.165, 1.54) is 28.5 Å². The number of benzene rings is 2. The fourth-order valence-corrected chi connectivity index (χ4v) is 5.06. The van der Waals surface area contributed by atoms with Crippen molar-refractivity contribution in [2.75, 3.05) is 12.0 Å². The number of nitrogens with zero attached hydrogens (tertiary/aromatic N) is 2. The van der Waals surface area contributed by atoms with Crippen molar-refractivity contribution >= 4 is 29.3 Å². The Morgan fingerprint density at radius 3 is 2.46 bits per heavy atom. The first kappa shape index (κ1) is 24.2. The molecule has 1 fully saturated rings. The maximum atomic E-state index is 13.6. The van der Waals surface area contributed by atoms with Gasteiger partial charge in [0.15, 0.2) is 0 Å². The highest BCUT2D eigenvalue weighted by molar-refractivity contribution is 8.05. The van der Waals surface area contributed by atoms with Gasteiger partial charge in [-0.3, -0.25) is 14.5 Å². The SMILES string of the molecule is CCc1ccc(CC2S/C(=C(/C#N)C(=O)NCc3ccco3)N(c3ccc(OC)cc3)C2=O)cc1. The first-order valence-corrected chi connectivity index (χ1v) is 12.1. The van der Waals surface area contributed by atoms with E-state index < -0.39 is 11.2 Å². The highest BCUT2D eigenvalue weighted by atomic mass is 32.2. The number of furan rings is 1. The van der Waals surface area contributed by atoms with Gasteiger partial charge >= 0.3 is 0 Å². The van der Waals surface area contributed by atoms with Crippen LogP contribution in [0.25, 0.3) is 0 Å². The Hall–Kier alpha value is -3.96. The molecule has 0 bridgehead atoms. The Labute approximate surface area is 208 Å². The molecule has 178 valence electrons. The third kappa shape index (κ3) is 5.42. The second kappa shape index (κ2) is 11.0. The summed E-state index contributed by atoms with van der Waals surface area (Å²) in [6.07, 6.45) is 2.93. The van der Waals surface area contributed by atoms with Crippen molar-refractivity contribution in [1.29, 1.82) is 5.26 Å². The molecule has 0 spiro atoms. The van der Waals surface area contributed by atoms with Crippen molar-refractivity contribution in [3.63, 3.8) is 0 Å². The van der Waals surface area contributed by atoms with Gasteiger partial charge in [-0.15, -0.1) is 0 Å². The second-order valence-electron chi connectivity index (χ2n) is 7.91. The van der Waals surface area contributed by atoms with E-state index in [9.17, 15) is 14.9 Å². The van der Waals surface area contributed by atoms with Crippen LogP contribution in [0.1, 0.15) is 23.8 Å². The summed E-state index contributed by atoms with van der Waals surface area (Å²) in [6.45, 7) is 2.23. The molecule has 2 heterocycles. The van der Waals surface area contributed by atoms with Crippen LogP contribution in [0.4, 0.5) is 5.69 Å². The van der Waals surface area contributed by atoms with E-state index in [1.807, 2.05) is 18.2 Å². The number of carbonyl (C=O) groups excluding carboxylic acids is 2. The monoisotopic (exact) mass is 487 g/mol. The molecule has 7 nitrogen and oxygen atoms in total. The molecule has 0 saturated carbocycles. The van der Waals surface area contributed by atoms with E-state index in [0.29, 0.717) is 28.6 Å². The fourth-order valence-electron chi connectivity index (χ4n) is 3.75. The van der Waals surface area contributed by atoms with Gasteiger partial charge in [0, 0.05) is 5.69 Å². The Morgan fingerprint density at radius 2 is 1.86 bits per heavy atom. The highest BCUT2D eigenvalue weighted by Gasteiger charge is 2.40. The topological polar surface area (TPSA) is 95.6 Å². The summed E-state index contributed by atoms with van der Waals surface area (Å²) < 4.78 is 10.5. The molecule has 2 amide bonds. The molecule has 3 aromatic rings. The van der Waals surface area contributed by atoms with Crippen LogP contribution in [0.3, 0.4) is 0 Å². The molecular formula is C27H25N3O4S. The van der Waals surface area contributed by atoms with E-state index in [4.69, 9.17) is 9.15 Å². The Bertz CT molecular complexity index is 1260. The molecule has 1 aliphatic heterocycles. The molecule has 4 rings (SSSR count).